The summed E-state index contributed by atoms with van der Waals surface area (Å²) in [5.74, 6) is 1.18. The molecule has 17 heavy (non-hydrogen) atoms. The molecule has 1 saturated carbocycles. The van der Waals surface area contributed by atoms with Crippen molar-refractivity contribution in [1.82, 2.24) is 20.5 Å². The van der Waals surface area contributed by atoms with Gasteiger partial charge in [-0.2, -0.15) is 0 Å². The molecule has 0 saturated heterocycles. The molecule has 0 radical (unpaired) electrons. The largest absolute Gasteiger partial charge is 0.393 e. The molecule has 0 aromatic carbocycles. The maximum Gasteiger partial charge on any atom is 0.290 e. The van der Waals surface area contributed by atoms with Gasteiger partial charge in [-0.05, 0) is 25.7 Å². The van der Waals surface area contributed by atoms with Crippen molar-refractivity contribution in [2.75, 3.05) is 6.54 Å². The van der Waals surface area contributed by atoms with Crippen LogP contribution in [0.4, 0.5) is 0 Å². The van der Waals surface area contributed by atoms with E-state index in [1.54, 1.807) is 0 Å². The van der Waals surface area contributed by atoms with Gasteiger partial charge in [0.15, 0.2) is 0 Å². The number of nitrogens with one attached hydrogen (secondary N) is 2. The molecule has 1 atom stereocenters. The van der Waals surface area contributed by atoms with E-state index >= 15 is 0 Å². The van der Waals surface area contributed by atoms with Gasteiger partial charge in [-0.1, -0.05) is 6.92 Å². The Hall–Kier alpha value is -1.43. The number of aliphatic hydroxyl groups is 1. The van der Waals surface area contributed by atoms with E-state index in [-0.39, 0.29) is 17.8 Å². The van der Waals surface area contributed by atoms with Crippen LogP contribution in [0.1, 0.15) is 55.0 Å². The zero-order chi connectivity index (χ0) is 12.3. The second kappa shape index (κ2) is 5.27. The van der Waals surface area contributed by atoms with E-state index in [2.05, 4.69) is 20.5 Å². The first kappa shape index (κ1) is 12.0. The maximum atomic E-state index is 11.6. The summed E-state index contributed by atoms with van der Waals surface area (Å²) >= 11 is 0. The number of carbonyl (C=O) groups is 1. The molecule has 0 spiro atoms. The summed E-state index contributed by atoms with van der Waals surface area (Å²) in [6, 6.07) is 0. The van der Waals surface area contributed by atoms with Crippen LogP contribution in [0, 0.1) is 0 Å². The summed E-state index contributed by atoms with van der Waals surface area (Å²) in [4.78, 5) is 15.8. The zero-order valence-electron chi connectivity index (χ0n) is 9.94. The fourth-order valence-corrected chi connectivity index (χ4v) is 1.55. The van der Waals surface area contributed by atoms with Crippen LogP contribution < -0.4 is 5.32 Å². The molecule has 1 aliphatic rings. The van der Waals surface area contributed by atoms with E-state index in [1.165, 1.54) is 0 Å². The van der Waals surface area contributed by atoms with Crippen LogP contribution in [0.3, 0.4) is 0 Å². The Kier molecular flexibility index (Phi) is 3.73. The molecule has 1 aliphatic carbocycles. The van der Waals surface area contributed by atoms with Crippen LogP contribution in [0.25, 0.3) is 0 Å². The third kappa shape index (κ3) is 3.26. The first-order chi connectivity index (χ1) is 8.20. The van der Waals surface area contributed by atoms with Crippen molar-refractivity contribution in [1.29, 1.82) is 0 Å². The van der Waals surface area contributed by atoms with Crippen LogP contribution in [0.5, 0.6) is 0 Å². The Labute approximate surface area is 99.8 Å². The number of H-pyrrole nitrogens is 1. The smallest absolute Gasteiger partial charge is 0.290 e. The van der Waals surface area contributed by atoms with Crippen LogP contribution >= 0.6 is 0 Å². The number of amides is 1. The molecule has 1 amide bonds. The van der Waals surface area contributed by atoms with E-state index in [1.807, 2.05) is 6.92 Å². The standard InChI is InChI=1S/C11H18N4O2/c1-2-8(16)5-6-12-11(17)10-13-9(14-15-10)7-3-4-7/h7-8,16H,2-6H2,1H3,(H,12,17)(H,13,14,15). The topological polar surface area (TPSA) is 90.9 Å². The van der Waals surface area contributed by atoms with Crippen LogP contribution in [0.2, 0.25) is 0 Å². The quantitative estimate of drug-likeness (QED) is 0.676. The average molecular weight is 238 g/mol. The van der Waals surface area contributed by atoms with Crippen molar-refractivity contribution >= 4 is 5.91 Å². The van der Waals surface area contributed by atoms with Crippen LogP contribution in [-0.4, -0.2) is 38.8 Å². The van der Waals surface area contributed by atoms with Crippen molar-refractivity contribution in [3.8, 4) is 0 Å². The summed E-state index contributed by atoms with van der Waals surface area (Å²) in [5, 5.41) is 18.7. The summed E-state index contributed by atoms with van der Waals surface area (Å²) < 4.78 is 0. The molecular weight excluding hydrogens is 220 g/mol. The van der Waals surface area contributed by atoms with Crippen molar-refractivity contribution in [3.63, 3.8) is 0 Å². The number of rotatable bonds is 6. The molecule has 0 aliphatic heterocycles. The van der Waals surface area contributed by atoms with Gasteiger partial charge in [0.25, 0.3) is 5.91 Å². The predicted octanol–water partition coefficient (Wildman–Crippen LogP) is 0.573. The molecule has 3 N–H and O–H groups in total. The van der Waals surface area contributed by atoms with E-state index < -0.39 is 0 Å². The highest BCUT2D eigenvalue weighted by molar-refractivity contribution is 5.90. The Morgan fingerprint density at radius 1 is 1.65 bits per heavy atom. The van der Waals surface area contributed by atoms with Crippen molar-refractivity contribution in [2.45, 2.75) is 44.6 Å². The van der Waals surface area contributed by atoms with Crippen LogP contribution in [0.15, 0.2) is 0 Å². The monoisotopic (exact) mass is 238 g/mol. The van der Waals surface area contributed by atoms with Gasteiger partial charge in [-0.25, -0.2) is 4.98 Å². The SMILES string of the molecule is CCC(O)CCNC(=O)c1n[nH]c(C2CC2)n1. The lowest BCUT2D eigenvalue weighted by molar-refractivity contribution is 0.0932. The molecule has 1 aromatic rings. The Bertz CT molecular complexity index is 387. The molecule has 6 nitrogen and oxygen atoms in total. The third-order valence-electron chi connectivity index (χ3n) is 2.90. The lowest BCUT2D eigenvalue weighted by Crippen LogP contribution is -2.27. The predicted molar refractivity (Wildman–Crippen MR) is 61.6 cm³/mol. The number of hydrogen-bond donors (Lipinski definition) is 3. The molecule has 1 heterocycles. The highest BCUT2D eigenvalue weighted by Crippen LogP contribution is 2.37. The molecule has 1 unspecified atom stereocenters. The minimum absolute atomic E-state index is 0.192. The van der Waals surface area contributed by atoms with Crippen LogP contribution in [-0.2, 0) is 0 Å². The second-order valence-corrected chi connectivity index (χ2v) is 4.43. The van der Waals surface area contributed by atoms with E-state index in [9.17, 15) is 9.90 Å². The summed E-state index contributed by atoms with van der Waals surface area (Å²) in [5.41, 5.74) is 0. The second-order valence-electron chi connectivity index (χ2n) is 4.43. The van der Waals surface area contributed by atoms with E-state index in [4.69, 9.17) is 0 Å². The first-order valence-corrected chi connectivity index (χ1v) is 6.09. The Morgan fingerprint density at radius 3 is 3.06 bits per heavy atom. The van der Waals surface area contributed by atoms with Crippen molar-refractivity contribution < 1.29 is 9.90 Å². The minimum atomic E-state index is -0.357. The van der Waals surface area contributed by atoms with Gasteiger partial charge in [0.1, 0.15) is 5.82 Å². The van der Waals surface area contributed by atoms with Gasteiger partial charge < -0.3 is 10.4 Å². The fourth-order valence-electron chi connectivity index (χ4n) is 1.55. The van der Waals surface area contributed by atoms with Gasteiger partial charge in [-0.3, -0.25) is 9.89 Å². The first-order valence-electron chi connectivity index (χ1n) is 6.09. The number of aromatic amines is 1. The number of carbonyl (C=O) groups excluding carboxylic acids is 1. The Balaban J connectivity index is 1.78. The average Bonchev–Trinajstić information content (AvgIpc) is 3.06. The van der Waals surface area contributed by atoms with Gasteiger partial charge in [-0.15, -0.1) is 5.10 Å². The number of aromatic nitrogens is 3. The maximum absolute atomic E-state index is 11.6. The molecule has 1 fully saturated rings. The van der Waals surface area contributed by atoms with E-state index in [0.29, 0.717) is 25.3 Å². The summed E-state index contributed by atoms with van der Waals surface area (Å²) in [6.45, 7) is 2.35. The Morgan fingerprint density at radius 2 is 2.41 bits per heavy atom. The number of nitrogens with zero attached hydrogens (tertiary/aromatic N) is 2. The lowest BCUT2D eigenvalue weighted by atomic mass is 10.2. The van der Waals surface area contributed by atoms with Gasteiger partial charge in [0, 0.05) is 12.5 Å². The van der Waals surface area contributed by atoms with Crippen molar-refractivity contribution in [3.05, 3.63) is 11.6 Å². The number of hydrogen-bond acceptors (Lipinski definition) is 4. The highest BCUT2D eigenvalue weighted by Gasteiger charge is 2.28. The zero-order valence-corrected chi connectivity index (χ0v) is 9.94. The van der Waals surface area contributed by atoms with Gasteiger partial charge in [0.2, 0.25) is 5.82 Å². The third-order valence-corrected chi connectivity index (χ3v) is 2.90. The fraction of sp³-hybridized carbons (Fsp3) is 0.727. The molecule has 1 aromatic heterocycles. The minimum Gasteiger partial charge on any atom is -0.393 e. The molecule has 6 heteroatoms. The molecular formula is C11H18N4O2. The van der Waals surface area contributed by atoms with E-state index in [0.717, 1.165) is 18.7 Å². The highest BCUT2D eigenvalue weighted by atomic mass is 16.3. The molecule has 94 valence electrons. The summed E-state index contributed by atoms with van der Waals surface area (Å²) in [6.07, 6.45) is 3.15. The van der Waals surface area contributed by atoms with Gasteiger partial charge in [0.05, 0.1) is 6.10 Å². The lowest BCUT2D eigenvalue weighted by Gasteiger charge is -2.07. The molecule has 2 rings (SSSR count). The van der Waals surface area contributed by atoms with Gasteiger partial charge >= 0.3 is 0 Å². The van der Waals surface area contributed by atoms with Crippen molar-refractivity contribution in [2.24, 2.45) is 0 Å². The molecule has 0 bridgehead atoms. The number of aliphatic hydroxyl groups excluding tert-OH is 1. The summed E-state index contributed by atoms with van der Waals surface area (Å²) in [7, 11) is 0. The normalized spacial score (nSPS) is 16.8.